The molecule has 2 heterocycles. The summed E-state index contributed by atoms with van der Waals surface area (Å²) in [5.41, 5.74) is 1.34. The number of carboxylic acid groups (broad SMARTS) is 1. The van der Waals surface area contributed by atoms with Crippen molar-refractivity contribution >= 4 is 41.8 Å². The quantitative estimate of drug-likeness (QED) is 0.0484. The number of aliphatic carboxylic acids is 1. The summed E-state index contributed by atoms with van der Waals surface area (Å²) in [6.45, 7) is 3.23. The van der Waals surface area contributed by atoms with Crippen LogP contribution in [0.5, 0.6) is 0 Å². The number of carboxylic acids is 1. The maximum absolute atomic E-state index is 10.2. The Hall–Kier alpha value is -3.75. The number of imidazole rings is 2. The van der Waals surface area contributed by atoms with Gasteiger partial charge in [-0.1, -0.05) is 80.3 Å². The number of aliphatic hydroxyl groups is 2. The van der Waals surface area contributed by atoms with Gasteiger partial charge in [-0.2, -0.15) is 10.5 Å². The van der Waals surface area contributed by atoms with Gasteiger partial charge in [-0.3, -0.25) is 4.79 Å². The Morgan fingerprint density at radius 3 is 1.51 bits per heavy atom. The van der Waals surface area contributed by atoms with Crippen molar-refractivity contribution in [3.05, 3.63) is 108 Å². The molecule has 0 unspecified atom stereocenters. The molecule has 0 atom stereocenters. The third-order valence-corrected chi connectivity index (χ3v) is 10.7. The number of aliphatic hydroxyl groups excluding tert-OH is 1. The predicted octanol–water partition coefficient (Wildman–Crippen LogP) is 7.54. The summed E-state index contributed by atoms with van der Waals surface area (Å²) in [7, 11) is 0. The van der Waals surface area contributed by atoms with Crippen LogP contribution < -0.4 is 18.9 Å². The fraction of sp³-hybridized carbons (Fsp3) is 0.551. The molecule has 0 amide bonds. The summed E-state index contributed by atoms with van der Waals surface area (Å²) < 4.78 is 0.732. The van der Waals surface area contributed by atoms with Crippen LogP contribution in [0.4, 0.5) is 0 Å². The standard InChI is InChI=1S/C9H12N2S.C9H12N2.C7H9N.C7H10O.C6H8O2.C6H10O.C4H7NO.CH4.Al.Li.H/c12-9-10-6-8(11-9)5-7-3-1-2-4-7;1-2-4-8(3-1)5-9-6-10-7-11-9;2*8-6-5-7-3-1-2-4-7;7-6(8)5-3-1-2-4-5;7-5-6-3-1-2-4-6;1-4(2,6)3-5;;;;/h1-2,6-7H,3-5H2,(H2,10,11,12);1-2,6-8H,3-5H2,(H,10,11);1-2,7H,3-5H2;1-2,6-7H,3-5H2;1-2,5H,3-4H2,(H,7,8);1-2,6-7H,3-5H2;6H,1-2H3;1H4;;;/q;;;;;;;;;+1;-1. The Morgan fingerprint density at radius 2 is 1.19 bits per heavy atom. The van der Waals surface area contributed by atoms with Gasteiger partial charge in [0.15, 0.2) is 4.77 Å². The predicted molar refractivity (Wildman–Crippen MR) is 254 cm³/mol. The second-order valence-electron chi connectivity index (χ2n) is 16.4. The number of aromatic amines is 3. The smallest absolute Gasteiger partial charge is 1.00 e. The van der Waals surface area contributed by atoms with E-state index in [-0.39, 0.29) is 51.0 Å². The molecule has 0 fully saturated rings. The number of hydrogen-bond acceptors (Lipinski definition) is 8. The molecule has 8 rings (SSSR count). The largest absolute Gasteiger partial charge is 1.00 e. The van der Waals surface area contributed by atoms with E-state index >= 15 is 0 Å². The van der Waals surface area contributed by atoms with Crippen molar-refractivity contribution in [2.45, 2.75) is 130 Å². The third kappa shape index (κ3) is 30.9. The minimum atomic E-state index is -1.15. The number of hydrogen-bond donors (Lipinski definition) is 6. The molecule has 0 bridgehead atoms. The number of carbonyl (C=O) groups is 2. The summed E-state index contributed by atoms with van der Waals surface area (Å²) >= 11 is 4.95. The van der Waals surface area contributed by atoms with Crippen LogP contribution in [0.25, 0.3) is 0 Å². The molecule has 3 radical (unpaired) electrons. The van der Waals surface area contributed by atoms with E-state index in [1.807, 2.05) is 24.5 Å². The van der Waals surface area contributed by atoms with Gasteiger partial charge in [-0.05, 0) is 146 Å². The van der Waals surface area contributed by atoms with Crippen LogP contribution in [-0.2, 0) is 22.4 Å². The van der Waals surface area contributed by atoms with Crippen LogP contribution in [0.1, 0.15) is 124 Å². The van der Waals surface area contributed by atoms with E-state index in [0.717, 1.165) is 99.9 Å². The summed E-state index contributed by atoms with van der Waals surface area (Å²) in [4.78, 5) is 33.3. The SMILES string of the molecule is C.C1=CCC(Cc2cnc[nH]2)C1.CC(C)(O)C#N.N#CCC1CC=CC1.O=C(O)C1CC=CC1.O=CCC1CC=CC1.OCC1CC=CC1.S=c1[nH]cc(CC2CC=CC2)[nH]1.[Al].[H-].[Li+]. The fourth-order valence-electron chi connectivity index (χ4n) is 6.79. The molecule has 14 heteroatoms. The average Bonchev–Trinajstić information content (AvgIpc) is 4.08. The van der Waals surface area contributed by atoms with Crippen molar-refractivity contribution in [1.82, 2.24) is 19.9 Å². The molecule has 0 spiro atoms. The first-order chi connectivity index (χ1) is 29.0. The van der Waals surface area contributed by atoms with Crippen molar-refractivity contribution in [3.8, 4) is 12.1 Å². The number of carbonyl (C=O) groups excluding carboxylic acids is 1. The molecule has 339 valence electrons. The molecule has 6 N–H and O–H groups in total. The van der Waals surface area contributed by atoms with E-state index in [9.17, 15) is 9.59 Å². The molecule has 2 aromatic rings. The van der Waals surface area contributed by atoms with Crippen molar-refractivity contribution < 1.29 is 45.2 Å². The number of nitriles is 2. The Kier molecular flexibility index (Phi) is 36.6. The van der Waals surface area contributed by atoms with Gasteiger partial charge in [0.2, 0.25) is 0 Å². The number of aldehydes is 1. The summed E-state index contributed by atoms with van der Waals surface area (Å²) in [6, 6.07) is 3.83. The van der Waals surface area contributed by atoms with Gasteiger partial charge in [0.25, 0.3) is 0 Å². The molecule has 0 saturated carbocycles. The number of rotatable bonds is 9. The first kappa shape index (κ1) is 61.3. The van der Waals surface area contributed by atoms with Gasteiger partial charge in [0.05, 0.1) is 24.4 Å². The summed E-state index contributed by atoms with van der Waals surface area (Å²) in [6.07, 6.45) is 49.1. The van der Waals surface area contributed by atoms with Gasteiger partial charge in [-0.25, -0.2) is 4.98 Å². The molecule has 63 heavy (non-hydrogen) atoms. The number of allylic oxidation sites excluding steroid dienone is 12. The van der Waals surface area contributed by atoms with Crippen LogP contribution in [0.3, 0.4) is 0 Å². The van der Waals surface area contributed by atoms with Gasteiger partial charge < -0.3 is 36.5 Å². The maximum atomic E-state index is 10.2. The zero-order valence-electron chi connectivity index (χ0n) is 38.2. The maximum Gasteiger partial charge on any atom is 1.00 e. The van der Waals surface area contributed by atoms with Crippen LogP contribution in [0.2, 0.25) is 0 Å². The molecule has 6 aliphatic carbocycles. The van der Waals surface area contributed by atoms with Crippen LogP contribution in [-0.4, -0.2) is 77.1 Å². The summed E-state index contributed by atoms with van der Waals surface area (Å²) in [5, 5.41) is 41.5. The number of aromatic nitrogens is 4. The average molecular weight is 892 g/mol. The normalized spacial score (nSPS) is 17.1. The molecular weight excluding hydrogens is 819 g/mol. The molecule has 2 aromatic heterocycles. The van der Waals surface area contributed by atoms with Gasteiger partial charge in [0, 0.05) is 60.6 Å². The first-order valence-electron chi connectivity index (χ1n) is 21.4. The van der Waals surface area contributed by atoms with E-state index in [2.05, 4.69) is 86.8 Å². The monoisotopic (exact) mass is 892 g/mol. The Bertz CT molecular complexity index is 1770. The summed E-state index contributed by atoms with van der Waals surface area (Å²) in [5.74, 6) is 2.61. The van der Waals surface area contributed by atoms with Crippen molar-refractivity contribution in [2.24, 2.45) is 35.5 Å². The van der Waals surface area contributed by atoms with Gasteiger partial charge >= 0.3 is 24.8 Å². The Morgan fingerprint density at radius 1 is 0.778 bits per heavy atom. The topological polar surface area (TPSA) is 203 Å². The van der Waals surface area contributed by atoms with Crippen LogP contribution >= 0.6 is 12.2 Å². The Labute approximate surface area is 406 Å². The van der Waals surface area contributed by atoms with Crippen LogP contribution in [0.15, 0.2) is 91.6 Å². The van der Waals surface area contributed by atoms with E-state index in [4.69, 9.17) is 38.1 Å². The van der Waals surface area contributed by atoms with Gasteiger partial charge in [0.1, 0.15) is 11.9 Å². The molecule has 6 aliphatic rings. The second-order valence-corrected chi connectivity index (χ2v) is 16.8. The molecule has 0 aliphatic heterocycles. The number of H-pyrrole nitrogens is 3. The molecular formula is C49H73AlLiN6O5S. The fourth-order valence-corrected chi connectivity index (χ4v) is 6.98. The number of nitrogens with zero attached hydrogens (tertiary/aromatic N) is 3. The molecule has 0 saturated heterocycles. The molecule has 11 nitrogen and oxygen atoms in total. The number of nitrogens with one attached hydrogen (secondary N) is 3. The van der Waals surface area contributed by atoms with Crippen molar-refractivity contribution in [1.29, 1.82) is 10.5 Å². The van der Waals surface area contributed by atoms with Crippen molar-refractivity contribution in [3.63, 3.8) is 0 Å². The van der Waals surface area contributed by atoms with E-state index in [1.54, 1.807) is 12.4 Å². The second kappa shape index (κ2) is 37.6. The van der Waals surface area contributed by atoms with E-state index in [0.29, 0.717) is 24.4 Å². The van der Waals surface area contributed by atoms with E-state index < -0.39 is 11.6 Å². The van der Waals surface area contributed by atoms with Crippen molar-refractivity contribution in [2.75, 3.05) is 6.61 Å². The van der Waals surface area contributed by atoms with E-state index in [1.165, 1.54) is 50.9 Å². The zero-order chi connectivity index (χ0) is 43.9. The minimum absolute atomic E-state index is 0. The van der Waals surface area contributed by atoms with Crippen LogP contribution in [0, 0.1) is 62.9 Å². The minimum Gasteiger partial charge on any atom is -1.00 e. The molecule has 0 aromatic carbocycles. The first-order valence-corrected chi connectivity index (χ1v) is 21.8. The Balaban J connectivity index is -0.000000680. The zero-order valence-corrected chi connectivity index (χ0v) is 39.2. The van der Waals surface area contributed by atoms with Gasteiger partial charge in [-0.15, -0.1) is 0 Å². The third-order valence-electron chi connectivity index (χ3n) is 10.4.